The van der Waals surface area contributed by atoms with Gasteiger partial charge in [-0.1, -0.05) is 11.6 Å². The summed E-state index contributed by atoms with van der Waals surface area (Å²) in [7, 11) is 0. The van der Waals surface area contributed by atoms with Crippen LogP contribution in [0.5, 0.6) is 0 Å². The highest BCUT2D eigenvalue weighted by atomic mass is 79.9. The molecule has 1 atom stereocenters. The molecule has 0 fully saturated rings. The first-order valence-electron chi connectivity index (χ1n) is 4.81. The molecule has 1 aromatic carbocycles. The predicted octanol–water partition coefficient (Wildman–Crippen LogP) is 1.67. The first-order valence-corrected chi connectivity index (χ1v) is 5.98. The molecule has 4 N–H and O–H groups in total. The van der Waals surface area contributed by atoms with E-state index >= 15 is 0 Å². The summed E-state index contributed by atoms with van der Waals surface area (Å²) in [6, 6.07) is 4.18. The molecule has 6 nitrogen and oxygen atoms in total. The van der Waals surface area contributed by atoms with Crippen molar-refractivity contribution in [2.75, 3.05) is 11.9 Å². The summed E-state index contributed by atoms with van der Waals surface area (Å²) < 4.78 is 0.626. The Hall–Kier alpha value is -1.31. The molecule has 1 unspecified atom stereocenters. The monoisotopic (exact) mass is 336 g/mol. The van der Waals surface area contributed by atoms with Gasteiger partial charge in [0.05, 0.1) is 12.2 Å². The number of hydrogen-bond donors (Lipinski definition) is 4. The third-order valence-electron chi connectivity index (χ3n) is 1.92. The Balaban J connectivity index is 2.54. The molecule has 1 rings (SSSR count). The minimum Gasteiger partial charge on any atom is -0.479 e. The Morgan fingerprint density at radius 2 is 2.11 bits per heavy atom. The van der Waals surface area contributed by atoms with Crippen molar-refractivity contribution in [3.63, 3.8) is 0 Å². The zero-order valence-electron chi connectivity index (χ0n) is 8.98. The molecule has 0 spiro atoms. The molecule has 0 aliphatic rings. The first-order chi connectivity index (χ1) is 8.40. The summed E-state index contributed by atoms with van der Waals surface area (Å²) >= 11 is 8.98. The van der Waals surface area contributed by atoms with E-state index < -0.39 is 18.1 Å². The Morgan fingerprint density at radius 1 is 1.44 bits per heavy atom. The second kappa shape index (κ2) is 6.58. The number of carbonyl (C=O) groups excluding carboxylic acids is 1. The van der Waals surface area contributed by atoms with E-state index in [0.717, 1.165) is 0 Å². The number of carboxylic acids is 1. The molecule has 8 heteroatoms. The molecule has 98 valence electrons. The van der Waals surface area contributed by atoms with Crippen LogP contribution in [0, 0.1) is 0 Å². The topological polar surface area (TPSA) is 98.7 Å². The van der Waals surface area contributed by atoms with Crippen LogP contribution >= 0.6 is 27.5 Å². The van der Waals surface area contributed by atoms with Crippen LogP contribution in [0.4, 0.5) is 10.5 Å². The van der Waals surface area contributed by atoms with Crippen LogP contribution in [-0.2, 0) is 4.79 Å². The predicted molar refractivity (Wildman–Crippen MR) is 69.8 cm³/mol. The molecule has 0 aromatic heterocycles. The molecule has 2 amide bonds. The average molecular weight is 338 g/mol. The molecular formula is C10H10BrClN2O4. The van der Waals surface area contributed by atoms with Crippen LogP contribution in [0.25, 0.3) is 0 Å². The van der Waals surface area contributed by atoms with Gasteiger partial charge in [-0.2, -0.15) is 0 Å². The Morgan fingerprint density at radius 3 is 2.72 bits per heavy atom. The lowest BCUT2D eigenvalue weighted by Crippen LogP contribution is -2.38. The van der Waals surface area contributed by atoms with Crippen molar-refractivity contribution in [3.8, 4) is 0 Å². The molecule has 0 aliphatic heterocycles. The highest BCUT2D eigenvalue weighted by Crippen LogP contribution is 2.25. The zero-order valence-corrected chi connectivity index (χ0v) is 11.3. The molecule has 18 heavy (non-hydrogen) atoms. The third-order valence-corrected chi connectivity index (χ3v) is 2.84. The third kappa shape index (κ3) is 4.52. The number of urea groups is 1. The van der Waals surface area contributed by atoms with Crippen molar-refractivity contribution in [2.24, 2.45) is 0 Å². The number of aliphatic hydroxyl groups is 1. The van der Waals surface area contributed by atoms with Gasteiger partial charge in [-0.05, 0) is 34.1 Å². The minimum absolute atomic E-state index is 0.390. The smallest absolute Gasteiger partial charge is 0.334 e. The van der Waals surface area contributed by atoms with Crippen LogP contribution in [0.3, 0.4) is 0 Å². The fourth-order valence-electron chi connectivity index (χ4n) is 1.04. The maximum atomic E-state index is 11.4. The number of anilines is 1. The molecule has 0 heterocycles. The van der Waals surface area contributed by atoms with E-state index in [4.69, 9.17) is 21.8 Å². The fourth-order valence-corrected chi connectivity index (χ4v) is 1.55. The van der Waals surface area contributed by atoms with Gasteiger partial charge in [0.1, 0.15) is 0 Å². The van der Waals surface area contributed by atoms with Crippen LogP contribution in [0.2, 0.25) is 5.02 Å². The summed E-state index contributed by atoms with van der Waals surface area (Å²) in [6.45, 7) is -0.390. The second-order valence-corrected chi connectivity index (χ2v) is 4.60. The van der Waals surface area contributed by atoms with Crippen molar-refractivity contribution in [1.82, 2.24) is 5.32 Å². The molecule has 0 radical (unpaired) electrons. The van der Waals surface area contributed by atoms with E-state index in [1.165, 1.54) is 6.07 Å². The SMILES string of the molecule is O=C(NCC(O)C(=O)O)Nc1cc(Cl)ccc1Br. The van der Waals surface area contributed by atoms with Crippen LogP contribution in [-0.4, -0.2) is 34.9 Å². The van der Waals surface area contributed by atoms with Gasteiger partial charge in [-0.25, -0.2) is 9.59 Å². The number of aliphatic carboxylic acids is 1. The zero-order chi connectivity index (χ0) is 13.7. The lowest BCUT2D eigenvalue weighted by atomic mass is 10.3. The highest BCUT2D eigenvalue weighted by molar-refractivity contribution is 9.10. The van der Waals surface area contributed by atoms with Crippen LogP contribution in [0.15, 0.2) is 22.7 Å². The number of carboxylic acid groups (broad SMARTS) is 1. The summed E-state index contributed by atoms with van der Waals surface area (Å²) in [5, 5.41) is 22.5. The van der Waals surface area contributed by atoms with Gasteiger partial charge in [0.2, 0.25) is 0 Å². The van der Waals surface area contributed by atoms with E-state index in [0.29, 0.717) is 15.2 Å². The molecule has 0 saturated carbocycles. The van der Waals surface area contributed by atoms with Gasteiger partial charge in [-0.3, -0.25) is 0 Å². The number of halogens is 2. The maximum Gasteiger partial charge on any atom is 0.334 e. The Bertz CT molecular complexity index is 469. The molecular weight excluding hydrogens is 327 g/mol. The van der Waals surface area contributed by atoms with Crippen molar-refractivity contribution in [1.29, 1.82) is 0 Å². The van der Waals surface area contributed by atoms with Gasteiger partial charge in [0, 0.05) is 9.50 Å². The number of amides is 2. The van der Waals surface area contributed by atoms with E-state index in [-0.39, 0.29) is 6.54 Å². The van der Waals surface area contributed by atoms with E-state index in [9.17, 15) is 9.59 Å². The molecule has 0 bridgehead atoms. The Labute approximate surface area is 116 Å². The lowest BCUT2D eigenvalue weighted by molar-refractivity contribution is -0.146. The van der Waals surface area contributed by atoms with Crippen molar-refractivity contribution in [2.45, 2.75) is 6.10 Å². The van der Waals surface area contributed by atoms with E-state index in [1.54, 1.807) is 12.1 Å². The van der Waals surface area contributed by atoms with Gasteiger partial charge >= 0.3 is 12.0 Å². The summed E-state index contributed by atoms with van der Waals surface area (Å²) in [6.07, 6.45) is -1.64. The van der Waals surface area contributed by atoms with Crippen molar-refractivity contribution in [3.05, 3.63) is 27.7 Å². The standard InChI is InChI=1S/C10H10BrClN2O4/c11-6-2-1-5(12)3-7(6)14-10(18)13-4-8(15)9(16)17/h1-3,8,15H,4H2,(H,16,17)(H2,13,14,18). The number of nitrogens with one attached hydrogen (secondary N) is 2. The van der Waals surface area contributed by atoms with Gasteiger partial charge in [-0.15, -0.1) is 0 Å². The van der Waals surface area contributed by atoms with Gasteiger partial charge in [0.15, 0.2) is 6.10 Å². The number of benzene rings is 1. The molecule has 1 aromatic rings. The van der Waals surface area contributed by atoms with Crippen LogP contribution < -0.4 is 10.6 Å². The van der Waals surface area contributed by atoms with E-state index in [1.807, 2.05) is 0 Å². The second-order valence-electron chi connectivity index (χ2n) is 3.31. The first kappa shape index (κ1) is 14.7. The summed E-state index contributed by atoms with van der Waals surface area (Å²) in [5.41, 5.74) is 0.435. The lowest BCUT2D eigenvalue weighted by Gasteiger charge is -2.10. The Kier molecular flexibility index (Phi) is 5.39. The van der Waals surface area contributed by atoms with Crippen molar-refractivity contribution < 1.29 is 19.8 Å². The van der Waals surface area contributed by atoms with Gasteiger partial charge in [0.25, 0.3) is 0 Å². The summed E-state index contributed by atoms with van der Waals surface area (Å²) in [4.78, 5) is 21.7. The number of hydrogen-bond acceptors (Lipinski definition) is 3. The van der Waals surface area contributed by atoms with Gasteiger partial charge < -0.3 is 20.8 Å². The number of carbonyl (C=O) groups is 2. The summed E-state index contributed by atoms with van der Waals surface area (Å²) in [5.74, 6) is -1.40. The van der Waals surface area contributed by atoms with Crippen LogP contribution in [0.1, 0.15) is 0 Å². The highest BCUT2D eigenvalue weighted by Gasteiger charge is 2.14. The number of rotatable bonds is 4. The quantitative estimate of drug-likeness (QED) is 0.671. The van der Waals surface area contributed by atoms with E-state index in [2.05, 4.69) is 26.6 Å². The largest absolute Gasteiger partial charge is 0.479 e. The minimum atomic E-state index is -1.64. The average Bonchev–Trinajstić information content (AvgIpc) is 2.30. The normalized spacial score (nSPS) is 11.7. The maximum absolute atomic E-state index is 11.4. The fraction of sp³-hybridized carbons (Fsp3) is 0.200. The molecule has 0 aliphatic carbocycles. The van der Waals surface area contributed by atoms with Crippen molar-refractivity contribution >= 4 is 45.2 Å². The number of aliphatic hydroxyl groups excluding tert-OH is 1. The molecule has 0 saturated heterocycles.